The number of hydrogen-bond acceptors (Lipinski definition) is 0. The van der Waals surface area contributed by atoms with Gasteiger partial charge >= 0.3 is 0 Å². The lowest BCUT2D eigenvalue weighted by Crippen LogP contribution is -2.55. The molecule has 2 aliphatic rings. The van der Waals surface area contributed by atoms with Gasteiger partial charge in [0.05, 0.1) is 52.4 Å². The van der Waals surface area contributed by atoms with E-state index in [-0.39, 0.29) is 0 Å². The number of rotatable bonds is 10. The Bertz CT molecular complexity index is 380. The molecule has 2 rings (SSSR count). The molecule has 4 atom stereocenters. The van der Waals surface area contributed by atoms with Crippen LogP contribution >= 0.6 is 0 Å². The van der Waals surface area contributed by atoms with Crippen molar-refractivity contribution in [1.29, 1.82) is 0 Å². The maximum Gasteiger partial charge on any atom is 0.0971 e. The van der Waals surface area contributed by atoms with Crippen LogP contribution in [-0.4, -0.2) is 61.3 Å². The van der Waals surface area contributed by atoms with Crippen LogP contribution in [-0.2, 0) is 0 Å². The highest BCUT2D eigenvalue weighted by atomic mass is 15.4. The number of piperidine rings is 2. The van der Waals surface area contributed by atoms with Gasteiger partial charge in [0, 0.05) is 0 Å². The number of hydrogen-bond donors (Lipinski definition) is 0. The molecule has 2 heteroatoms. The summed E-state index contributed by atoms with van der Waals surface area (Å²) >= 11 is 0. The van der Waals surface area contributed by atoms with E-state index in [4.69, 9.17) is 0 Å². The van der Waals surface area contributed by atoms with Crippen LogP contribution in [0, 0.1) is 0 Å². The molecule has 0 radical (unpaired) electrons. The Morgan fingerprint density at radius 2 is 1.16 bits per heavy atom. The van der Waals surface area contributed by atoms with Crippen LogP contribution in [0.5, 0.6) is 0 Å². The number of unbranched alkanes of at least 4 members (excludes halogenated alkanes) is 2. The van der Waals surface area contributed by atoms with Crippen LogP contribution in [0.15, 0.2) is 25.3 Å². The van der Waals surface area contributed by atoms with E-state index < -0.39 is 0 Å². The Morgan fingerprint density at radius 3 is 1.56 bits per heavy atom. The van der Waals surface area contributed by atoms with E-state index in [0.29, 0.717) is 0 Å². The highest BCUT2D eigenvalue weighted by Crippen LogP contribution is 2.30. The van der Waals surface area contributed by atoms with Gasteiger partial charge in [-0.1, -0.05) is 19.6 Å². The van der Waals surface area contributed by atoms with Crippen LogP contribution < -0.4 is 0 Å². The SMILES string of the molecule is C=CC[N+]1(C)CCCCC1CCCCCC1CCCC[N+]1(C)CC=C. The van der Waals surface area contributed by atoms with Crippen molar-refractivity contribution in [3.05, 3.63) is 25.3 Å². The smallest absolute Gasteiger partial charge is 0.0971 e. The molecule has 0 saturated carbocycles. The molecule has 0 aromatic heterocycles. The third kappa shape index (κ3) is 5.69. The minimum absolute atomic E-state index is 0.878. The molecule has 2 fully saturated rings. The lowest BCUT2D eigenvalue weighted by atomic mass is 9.92. The molecule has 0 N–H and O–H groups in total. The van der Waals surface area contributed by atoms with E-state index in [2.05, 4.69) is 39.4 Å². The molecule has 0 spiro atoms. The normalized spacial score (nSPS) is 36.1. The van der Waals surface area contributed by atoms with Gasteiger partial charge in [0.15, 0.2) is 0 Å². The summed E-state index contributed by atoms with van der Waals surface area (Å²) in [5.74, 6) is 0. The maximum absolute atomic E-state index is 4.00. The summed E-state index contributed by atoms with van der Waals surface area (Å²) in [5, 5.41) is 0. The molecule has 25 heavy (non-hydrogen) atoms. The topological polar surface area (TPSA) is 0 Å². The lowest BCUT2D eigenvalue weighted by molar-refractivity contribution is -0.933. The molecule has 0 bridgehead atoms. The van der Waals surface area contributed by atoms with Crippen LogP contribution in [0.3, 0.4) is 0 Å². The summed E-state index contributed by atoms with van der Waals surface area (Å²) in [6.45, 7) is 13.0. The highest BCUT2D eigenvalue weighted by Gasteiger charge is 2.35. The first-order valence-electron chi connectivity index (χ1n) is 10.9. The third-order valence-corrected chi connectivity index (χ3v) is 7.34. The van der Waals surface area contributed by atoms with Crippen molar-refractivity contribution in [3.63, 3.8) is 0 Å². The van der Waals surface area contributed by atoms with Crippen LogP contribution in [0.25, 0.3) is 0 Å². The Labute approximate surface area is 157 Å². The molecule has 2 saturated heterocycles. The van der Waals surface area contributed by atoms with Gasteiger partial charge in [-0.3, -0.25) is 0 Å². The van der Waals surface area contributed by atoms with E-state index in [1.807, 2.05) is 0 Å². The summed E-state index contributed by atoms with van der Waals surface area (Å²) in [4.78, 5) is 0. The van der Waals surface area contributed by atoms with Crippen molar-refractivity contribution in [3.8, 4) is 0 Å². The van der Waals surface area contributed by atoms with Gasteiger partial charge in [0.2, 0.25) is 0 Å². The lowest BCUT2D eigenvalue weighted by Gasteiger charge is -2.45. The van der Waals surface area contributed by atoms with E-state index in [0.717, 1.165) is 25.2 Å². The second-order valence-electron chi connectivity index (χ2n) is 9.29. The molecule has 0 aromatic carbocycles. The monoisotopic (exact) mass is 348 g/mol. The summed E-state index contributed by atoms with van der Waals surface area (Å²) in [6, 6.07) is 1.76. The molecule has 144 valence electrons. The van der Waals surface area contributed by atoms with Crippen LogP contribution in [0.1, 0.15) is 70.6 Å². The van der Waals surface area contributed by atoms with E-state index >= 15 is 0 Å². The predicted molar refractivity (Wildman–Crippen MR) is 111 cm³/mol. The van der Waals surface area contributed by atoms with Gasteiger partial charge in [-0.25, -0.2) is 0 Å². The van der Waals surface area contributed by atoms with Crippen molar-refractivity contribution in [1.82, 2.24) is 0 Å². The van der Waals surface area contributed by atoms with Gasteiger partial charge in [-0.2, -0.15) is 0 Å². The first-order chi connectivity index (χ1) is 12.0. The summed E-state index contributed by atoms with van der Waals surface area (Å²) in [6.07, 6.45) is 20.0. The summed E-state index contributed by atoms with van der Waals surface area (Å²) < 4.78 is 2.50. The Morgan fingerprint density at radius 1 is 0.720 bits per heavy atom. The van der Waals surface area contributed by atoms with Gasteiger partial charge in [0.1, 0.15) is 0 Å². The zero-order valence-corrected chi connectivity index (χ0v) is 17.2. The van der Waals surface area contributed by atoms with Gasteiger partial charge in [0.25, 0.3) is 0 Å². The first kappa shape index (κ1) is 20.7. The zero-order chi connectivity index (χ0) is 18.2. The molecule has 4 unspecified atom stereocenters. The molecule has 2 heterocycles. The molecule has 0 aromatic rings. The maximum atomic E-state index is 4.00. The molecular formula is C23H44N2+2. The fourth-order valence-electron chi connectivity index (χ4n) is 5.61. The minimum atomic E-state index is 0.878. The molecular weight excluding hydrogens is 304 g/mol. The van der Waals surface area contributed by atoms with Crippen molar-refractivity contribution in [2.45, 2.75) is 82.7 Å². The minimum Gasteiger partial charge on any atom is -0.320 e. The van der Waals surface area contributed by atoms with E-state index in [1.165, 1.54) is 92.7 Å². The Balaban J connectivity index is 1.71. The van der Waals surface area contributed by atoms with Crippen LogP contribution in [0.4, 0.5) is 0 Å². The van der Waals surface area contributed by atoms with E-state index in [1.54, 1.807) is 0 Å². The van der Waals surface area contributed by atoms with Gasteiger partial charge in [-0.05, 0) is 76.4 Å². The van der Waals surface area contributed by atoms with Gasteiger partial charge < -0.3 is 8.97 Å². The zero-order valence-electron chi connectivity index (χ0n) is 17.2. The van der Waals surface area contributed by atoms with Gasteiger partial charge in [-0.15, -0.1) is 0 Å². The summed E-state index contributed by atoms with van der Waals surface area (Å²) in [7, 11) is 4.93. The standard InChI is InChI=1S/C23H44N2/c1-5-18-24(3)20-12-10-16-22(24)14-8-7-9-15-23-17-11-13-21-25(23,4)19-6-2/h5-6,22-23H,1-2,7-21H2,3-4H3/q+2. The van der Waals surface area contributed by atoms with Crippen molar-refractivity contribution < 1.29 is 8.97 Å². The first-order valence-corrected chi connectivity index (χ1v) is 10.9. The summed E-state index contributed by atoms with van der Waals surface area (Å²) in [5.41, 5.74) is 0. The van der Waals surface area contributed by atoms with Crippen molar-refractivity contribution in [2.24, 2.45) is 0 Å². The molecule has 2 aliphatic heterocycles. The average Bonchev–Trinajstić information content (AvgIpc) is 2.58. The predicted octanol–water partition coefficient (Wildman–Crippen LogP) is 5.31. The average molecular weight is 349 g/mol. The Hall–Kier alpha value is -0.600. The second-order valence-corrected chi connectivity index (χ2v) is 9.29. The molecule has 0 aliphatic carbocycles. The number of likely N-dealkylation sites (tertiary alicyclic amines) is 2. The van der Waals surface area contributed by atoms with Crippen molar-refractivity contribution >= 4 is 0 Å². The third-order valence-electron chi connectivity index (χ3n) is 7.34. The quantitative estimate of drug-likeness (QED) is 0.285. The van der Waals surface area contributed by atoms with Crippen molar-refractivity contribution in [2.75, 3.05) is 40.3 Å². The molecule has 0 amide bonds. The number of quaternary nitrogens is 2. The largest absolute Gasteiger partial charge is 0.320 e. The molecule has 2 nitrogen and oxygen atoms in total. The van der Waals surface area contributed by atoms with Crippen LogP contribution in [0.2, 0.25) is 0 Å². The Kier molecular flexibility index (Phi) is 8.22. The second kappa shape index (κ2) is 9.92. The fraction of sp³-hybridized carbons (Fsp3) is 0.826. The fourth-order valence-corrected chi connectivity index (χ4v) is 5.61. The van der Waals surface area contributed by atoms with E-state index in [9.17, 15) is 0 Å². The highest BCUT2D eigenvalue weighted by molar-refractivity contribution is 4.74. The number of nitrogens with zero attached hydrogens (tertiary/aromatic N) is 2. The number of likely N-dealkylation sites (N-methyl/N-ethyl adjacent to an activating group) is 2.